The van der Waals surface area contributed by atoms with Crippen LogP contribution in [0.3, 0.4) is 0 Å². The van der Waals surface area contributed by atoms with E-state index >= 15 is 0 Å². The fraction of sp³-hybridized carbons (Fsp3) is 0.950. The van der Waals surface area contributed by atoms with E-state index in [1.54, 1.807) is 0 Å². The largest absolute Gasteiger partial charge is 0.472 e. The third-order valence-corrected chi connectivity index (χ3v) is 20.8. The first kappa shape index (κ1) is 97.1. The van der Waals surface area contributed by atoms with Gasteiger partial charge in [-0.05, 0) is 25.7 Å². The van der Waals surface area contributed by atoms with Gasteiger partial charge in [-0.15, -0.1) is 0 Å². The lowest BCUT2D eigenvalue weighted by Crippen LogP contribution is -2.30. The van der Waals surface area contributed by atoms with Crippen molar-refractivity contribution in [3.8, 4) is 0 Å². The minimum Gasteiger partial charge on any atom is -0.462 e. The summed E-state index contributed by atoms with van der Waals surface area (Å²) in [5, 5.41) is 10.6. The Hall–Kier alpha value is -1.94. The molecule has 0 saturated carbocycles. The number of carbonyl (C=O) groups excluding carboxylic acids is 4. The van der Waals surface area contributed by atoms with Gasteiger partial charge in [0.2, 0.25) is 0 Å². The summed E-state index contributed by atoms with van der Waals surface area (Å²) in [6.45, 7) is 5.02. The van der Waals surface area contributed by atoms with E-state index < -0.39 is 97.5 Å². The van der Waals surface area contributed by atoms with Crippen LogP contribution in [0.15, 0.2) is 0 Å². The Labute approximate surface area is 607 Å². The zero-order chi connectivity index (χ0) is 72.5. The molecule has 0 saturated heterocycles. The van der Waals surface area contributed by atoms with Crippen molar-refractivity contribution in [3.05, 3.63) is 0 Å². The standard InChI is InChI=1S/C80H156O17P2/c1-5-9-13-17-21-25-29-33-35-37-38-39-41-43-47-51-55-59-63-67-80(85)97-76(71-91-78(83)65-61-57-53-49-46-42-40-36-34-30-26-22-18-14-10-6-2)73-95-99(88,89)93-69-74(81)68-92-98(86,87)94-72-75(96-79(84)66-62-58-54-50-45-32-28-24-20-16-12-8-4)70-90-77(82)64-60-56-52-48-44-31-27-23-19-15-11-7-3/h74-76,81H,5-73H2,1-4H3,(H,86,87)(H,88,89)/t74-,75+,76+/m0/s1. The van der Waals surface area contributed by atoms with Gasteiger partial charge in [0.25, 0.3) is 0 Å². The molecular weight excluding hydrogens is 1290 g/mol. The molecule has 0 aromatic carbocycles. The number of rotatable bonds is 81. The Kier molecular flexibility index (Phi) is 72.9. The Morgan fingerprint density at radius 2 is 0.404 bits per heavy atom. The zero-order valence-electron chi connectivity index (χ0n) is 64.5. The summed E-state index contributed by atoms with van der Waals surface area (Å²) in [6.07, 6.45) is 66.4. The molecule has 0 amide bonds. The number of unbranched alkanes of at least 4 members (excludes halogenated alkanes) is 55. The minimum absolute atomic E-state index is 0.108. The van der Waals surface area contributed by atoms with Crippen molar-refractivity contribution in [2.24, 2.45) is 0 Å². The molecule has 0 spiro atoms. The predicted octanol–water partition coefficient (Wildman–Crippen LogP) is 24.2. The van der Waals surface area contributed by atoms with Gasteiger partial charge in [-0.2, -0.15) is 0 Å². The van der Waals surface area contributed by atoms with E-state index in [1.807, 2.05) is 0 Å². The van der Waals surface area contributed by atoms with E-state index in [9.17, 15) is 43.2 Å². The van der Waals surface area contributed by atoms with E-state index in [1.165, 1.54) is 263 Å². The predicted molar refractivity (Wildman–Crippen MR) is 405 cm³/mol. The molecule has 0 aromatic rings. The summed E-state index contributed by atoms with van der Waals surface area (Å²) in [7, 11) is -9.91. The molecule has 0 radical (unpaired) electrons. The summed E-state index contributed by atoms with van der Waals surface area (Å²) < 4.78 is 68.7. The first-order valence-electron chi connectivity index (χ1n) is 41.8. The maximum Gasteiger partial charge on any atom is 0.472 e. The summed E-state index contributed by atoms with van der Waals surface area (Å²) in [5.41, 5.74) is 0. The lowest BCUT2D eigenvalue weighted by Gasteiger charge is -2.21. The highest BCUT2D eigenvalue weighted by Gasteiger charge is 2.30. The highest BCUT2D eigenvalue weighted by molar-refractivity contribution is 7.47. The number of aliphatic hydroxyl groups is 1. The van der Waals surface area contributed by atoms with Gasteiger partial charge in [0.15, 0.2) is 12.2 Å². The Balaban J connectivity index is 5.24. The van der Waals surface area contributed by atoms with Gasteiger partial charge in [-0.1, -0.05) is 381 Å². The first-order valence-corrected chi connectivity index (χ1v) is 44.8. The van der Waals surface area contributed by atoms with Crippen LogP contribution in [0.2, 0.25) is 0 Å². The van der Waals surface area contributed by atoms with Crippen LogP contribution in [0.25, 0.3) is 0 Å². The second-order valence-corrected chi connectivity index (χ2v) is 31.7. The zero-order valence-corrected chi connectivity index (χ0v) is 66.3. The Morgan fingerprint density at radius 1 is 0.242 bits per heavy atom. The van der Waals surface area contributed by atoms with Crippen molar-refractivity contribution in [1.29, 1.82) is 0 Å². The van der Waals surface area contributed by atoms with Gasteiger partial charge in [-0.3, -0.25) is 37.3 Å². The maximum atomic E-state index is 13.1. The maximum absolute atomic E-state index is 13.1. The number of carbonyl (C=O) groups is 4. The number of esters is 4. The first-order chi connectivity index (χ1) is 48.2. The number of ether oxygens (including phenoxy) is 4. The van der Waals surface area contributed by atoms with Crippen LogP contribution in [-0.2, 0) is 65.4 Å². The van der Waals surface area contributed by atoms with Gasteiger partial charge in [0, 0.05) is 25.7 Å². The monoisotopic (exact) mass is 1450 g/mol. The SMILES string of the molecule is CCCCCCCCCCCCCCCCCCCCCC(=O)O[C@H](COC(=O)CCCCCCCCCCCCCCCCCC)COP(=O)(O)OC[C@@H](O)COP(=O)(O)OC[C@@H](COC(=O)CCCCCCCCCCCCCC)OC(=O)CCCCCCCCCCCCCC. The quantitative estimate of drug-likeness (QED) is 0.0222. The molecule has 0 rings (SSSR count). The van der Waals surface area contributed by atoms with Crippen LogP contribution >= 0.6 is 15.6 Å². The molecule has 0 aromatic heterocycles. The summed E-state index contributed by atoms with van der Waals surface area (Å²) in [6, 6.07) is 0. The minimum atomic E-state index is -4.96. The number of phosphoric acid groups is 2. The van der Waals surface area contributed by atoms with E-state index in [-0.39, 0.29) is 25.7 Å². The average molecular weight is 1450 g/mol. The molecular formula is C80H156O17P2. The molecule has 0 aliphatic rings. The molecule has 19 heteroatoms. The summed E-state index contributed by atoms with van der Waals surface area (Å²) >= 11 is 0. The molecule has 3 N–H and O–H groups in total. The van der Waals surface area contributed by atoms with Crippen molar-refractivity contribution in [3.63, 3.8) is 0 Å². The smallest absolute Gasteiger partial charge is 0.462 e. The molecule has 0 fully saturated rings. The van der Waals surface area contributed by atoms with Crippen LogP contribution in [0.5, 0.6) is 0 Å². The average Bonchev–Trinajstić information content (AvgIpc) is 1.27. The molecule has 588 valence electrons. The molecule has 5 atom stereocenters. The number of hydrogen-bond donors (Lipinski definition) is 3. The van der Waals surface area contributed by atoms with Crippen molar-refractivity contribution >= 4 is 39.5 Å². The van der Waals surface area contributed by atoms with Gasteiger partial charge in [-0.25, -0.2) is 9.13 Å². The molecule has 2 unspecified atom stereocenters. The van der Waals surface area contributed by atoms with E-state index in [0.29, 0.717) is 25.7 Å². The fourth-order valence-corrected chi connectivity index (χ4v) is 14.0. The van der Waals surface area contributed by atoms with Crippen molar-refractivity contribution < 1.29 is 80.2 Å². The van der Waals surface area contributed by atoms with Crippen LogP contribution in [0.4, 0.5) is 0 Å². The van der Waals surface area contributed by atoms with Gasteiger partial charge < -0.3 is 33.8 Å². The fourth-order valence-electron chi connectivity index (χ4n) is 12.5. The molecule has 17 nitrogen and oxygen atoms in total. The van der Waals surface area contributed by atoms with Gasteiger partial charge in [0.05, 0.1) is 26.4 Å². The van der Waals surface area contributed by atoms with Gasteiger partial charge >= 0.3 is 39.5 Å². The van der Waals surface area contributed by atoms with Gasteiger partial charge in [0.1, 0.15) is 19.3 Å². The van der Waals surface area contributed by atoms with E-state index in [4.69, 9.17) is 37.0 Å². The number of aliphatic hydroxyl groups excluding tert-OH is 1. The molecule has 0 bridgehead atoms. The summed E-state index contributed by atoms with van der Waals surface area (Å²) in [5.74, 6) is -2.10. The van der Waals surface area contributed by atoms with Crippen LogP contribution in [0.1, 0.15) is 432 Å². The third-order valence-electron chi connectivity index (χ3n) is 18.9. The van der Waals surface area contributed by atoms with Crippen molar-refractivity contribution in [1.82, 2.24) is 0 Å². The third kappa shape index (κ3) is 74.1. The molecule has 0 heterocycles. The van der Waals surface area contributed by atoms with Crippen LogP contribution in [0, 0.1) is 0 Å². The normalized spacial score (nSPS) is 13.8. The van der Waals surface area contributed by atoms with E-state index in [0.717, 1.165) is 89.9 Å². The highest BCUT2D eigenvalue weighted by atomic mass is 31.2. The van der Waals surface area contributed by atoms with E-state index in [2.05, 4.69) is 27.7 Å². The second-order valence-electron chi connectivity index (χ2n) is 28.8. The second kappa shape index (κ2) is 74.3. The highest BCUT2D eigenvalue weighted by Crippen LogP contribution is 2.45. The summed E-state index contributed by atoms with van der Waals surface area (Å²) in [4.78, 5) is 73.0. The molecule has 99 heavy (non-hydrogen) atoms. The Bertz CT molecular complexity index is 1880. The van der Waals surface area contributed by atoms with Crippen molar-refractivity contribution in [2.75, 3.05) is 39.6 Å². The van der Waals surface area contributed by atoms with Crippen LogP contribution < -0.4 is 0 Å². The topological polar surface area (TPSA) is 237 Å². The van der Waals surface area contributed by atoms with Crippen LogP contribution in [-0.4, -0.2) is 96.7 Å². The number of phosphoric ester groups is 2. The Morgan fingerprint density at radius 3 is 0.596 bits per heavy atom. The van der Waals surface area contributed by atoms with Crippen molar-refractivity contribution in [2.45, 2.75) is 451 Å². The molecule has 0 aliphatic heterocycles. The lowest BCUT2D eigenvalue weighted by molar-refractivity contribution is -0.161. The lowest BCUT2D eigenvalue weighted by atomic mass is 10.0. The number of hydrogen-bond acceptors (Lipinski definition) is 15. The molecule has 0 aliphatic carbocycles.